The minimum absolute atomic E-state index is 0.0475. The Labute approximate surface area is 94.1 Å². The van der Waals surface area contributed by atoms with Gasteiger partial charge in [-0.25, -0.2) is 5.43 Å². The highest BCUT2D eigenvalue weighted by Gasteiger charge is 2.15. The highest BCUT2D eigenvalue weighted by molar-refractivity contribution is 6.23. The van der Waals surface area contributed by atoms with Crippen molar-refractivity contribution in [3.63, 3.8) is 0 Å². The van der Waals surface area contributed by atoms with Crippen LogP contribution in [0.15, 0.2) is 29.9 Å². The molecule has 0 saturated heterocycles. The molecule has 0 bridgehead atoms. The Morgan fingerprint density at radius 3 is 2.88 bits per heavy atom. The smallest absolute Gasteiger partial charge is 0.240 e. The largest absolute Gasteiger partial charge is 0.273 e. The lowest BCUT2D eigenvalue weighted by atomic mass is 10.0. The van der Waals surface area contributed by atoms with Crippen LogP contribution in [0, 0.1) is 6.92 Å². The Balaban J connectivity index is 2.23. The minimum Gasteiger partial charge on any atom is -0.273 e. The summed E-state index contributed by atoms with van der Waals surface area (Å²) in [6.07, 6.45) is 1.09. The van der Waals surface area contributed by atoms with Gasteiger partial charge in [0.05, 0.1) is 11.4 Å². The fraction of sp³-hybridized carbons (Fsp3) is 0.250. The number of nitrogens with one attached hydrogen (secondary N) is 1. The second-order valence-electron chi connectivity index (χ2n) is 3.74. The van der Waals surface area contributed by atoms with Gasteiger partial charge >= 0.3 is 0 Å². The second-order valence-corrected chi connectivity index (χ2v) is 3.74. The molecule has 0 spiro atoms. The summed E-state index contributed by atoms with van der Waals surface area (Å²) in [6.45, 7) is 5.90. The van der Waals surface area contributed by atoms with Crippen molar-refractivity contribution in [2.24, 2.45) is 5.10 Å². The van der Waals surface area contributed by atoms with E-state index in [-0.39, 0.29) is 5.91 Å². The quantitative estimate of drug-likeness (QED) is 0.815. The maximum Gasteiger partial charge on any atom is 0.240 e. The average molecular weight is 215 g/mol. The number of hydrogen-bond donors (Lipinski definition) is 1. The van der Waals surface area contributed by atoms with Crippen LogP contribution < -0.4 is 5.43 Å². The number of hydrogen-bond acceptors (Lipinski definition) is 3. The molecule has 4 heteroatoms. The number of nitrogens with zero attached hydrogens (tertiary/aromatic N) is 2. The van der Waals surface area contributed by atoms with Crippen molar-refractivity contribution in [1.82, 2.24) is 10.4 Å². The van der Waals surface area contributed by atoms with Crippen LogP contribution in [-0.2, 0) is 4.79 Å². The van der Waals surface area contributed by atoms with E-state index in [1.165, 1.54) is 0 Å². The highest BCUT2D eigenvalue weighted by atomic mass is 16.2. The number of pyridine rings is 1. The van der Waals surface area contributed by atoms with Crippen molar-refractivity contribution in [2.75, 3.05) is 0 Å². The van der Waals surface area contributed by atoms with Gasteiger partial charge in [0.1, 0.15) is 0 Å². The van der Waals surface area contributed by atoms with Crippen LogP contribution in [0.3, 0.4) is 0 Å². The molecule has 1 aromatic heterocycles. The van der Waals surface area contributed by atoms with Gasteiger partial charge in [0.15, 0.2) is 0 Å². The average Bonchev–Trinajstić information content (AvgIpc) is 2.29. The molecule has 16 heavy (non-hydrogen) atoms. The van der Waals surface area contributed by atoms with Crippen LogP contribution in [0.25, 0.3) is 5.57 Å². The molecule has 82 valence electrons. The van der Waals surface area contributed by atoms with Crippen molar-refractivity contribution in [3.05, 3.63) is 36.2 Å². The van der Waals surface area contributed by atoms with Gasteiger partial charge in [-0.1, -0.05) is 12.6 Å². The third-order valence-corrected chi connectivity index (χ3v) is 2.45. The molecule has 1 aliphatic rings. The first-order valence-corrected chi connectivity index (χ1v) is 5.15. The molecule has 0 aromatic carbocycles. The zero-order valence-electron chi connectivity index (χ0n) is 9.16. The summed E-state index contributed by atoms with van der Waals surface area (Å²) in [7, 11) is 0. The third-order valence-electron chi connectivity index (χ3n) is 2.45. The summed E-state index contributed by atoms with van der Waals surface area (Å²) in [6, 6.07) is 5.76. The maximum absolute atomic E-state index is 11.0. The number of amides is 1. The summed E-state index contributed by atoms with van der Waals surface area (Å²) >= 11 is 0. The van der Waals surface area contributed by atoms with E-state index in [0.29, 0.717) is 12.8 Å². The van der Waals surface area contributed by atoms with E-state index in [9.17, 15) is 4.79 Å². The SMILES string of the molecule is C=C(C1=NNC(=O)CC1)c1cccc(C)n1. The van der Waals surface area contributed by atoms with Crippen LogP contribution in [0.5, 0.6) is 0 Å². The predicted molar refractivity (Wildman–Crippen MR) is 62.8 cm³/mol. The molecule has 0 saturated carbocycles. The van der Waals surface area contributed by atoms with Crippen molar-refractivity contribution < 1.29 is 4.79 Å². The van der Waals surface area contributed by atoms with Crippen molar-refractivity contribution >= 4 is 17.2 Å². The normalized spacial score (nSPS) is 15.3. The molecule has 2 heterocycles. The topological polar surface area (TPSA) is 54.4 Å². The van der Waals surface area contributed by atoms with Gasteiger partial charge in [-0.05, 0) is 19.1 Å². The standard InChI is InChI=1S/C12H13N3O/c1-8-4-3-5-10(13-8)9(2)11-6-7-12(16)15-14-11/h3-5H,2,6-7H2,1H3,(H,15,16). The Morgan fingerprint density at radius 2 is 2.25 bits per heavy atom. The minimum atomic E-state index is -0.0475. The summed E-state index contributed by atoms with van der Waals surface area (Å²) in [5.41, 5.74) is 5.80. The monoisotopic (exact) mass is 215 g/mol. The summed E-state index contributed by atoms with van der Waals surface area (Å²) in [4.78, 5) is 15.3. The van der Waals surface area contributed by atoms with Gasteiger partial charge in [0, 0.05) is 24.1 Å². The van der Waals surface area contributed by atoms with Crippen molar-refractivity contribution in [1.29, 1.82) is 0 Å². The third kappa shape index (κ3) is 2.16. The molecule has 1 N–H and O–H groups in total. The molecule has 0 radical (unpaired) electrons. The van der Waals surface area contributed by atoms with Crippen LogP contribution in [-0.4, -0.2) is 16.6 Å². The van der Waals surface area contributed by atoms with Crippen LogP contribution in [0.2, 0.25) is 0 Å². The Kier molecular flexibility index (Phi) is 2.81. The molecule has 4 nitrogen and oxygen atoms in total. The number of aromatic nitrogens is 1. The van der Waals surface area contributed by atoms with E-state index in [2.05, 4.69) is 22.1 Å². The lowest BCUT2D eigenvalue weighted by Crippen LogP contribution is -2.26. The van der Waals surface area contributed by atoms with Gasteiger partial charge in [0.25, 0.3) is 0 Å². The molecule has 1 aliphatic heterocycles. The number of hydrazone groups is 1. The molecule has 0 atom stereocenters. The van der Waals surface area contributed by atoms with Gasteiger partial charge < -0.3 is 0 Å². The molecule has 2 rings (SSSR count). The van der Waals surface area contributed by atoms with Crippen LogP contribution in [0.1, 0.15) is 24.2 Å². The van der Waals surface area contributed by atoms with E-state index < -0.39 is 0 Å². The highest BCUT2D eigenvalue weighted by Crippen LogP contribution is 2.16. The number of carbonyl (C=O) groups excluding carboxylic acids is 1. The molecular weight excluding hydrogens is 202 g/mol. The molecule has 1 amide bonds. The fourth-order valence-corrected chi connectivity index (χ4v) is 1.55. The van der Waals surface area contributed by atoms with E-state index in [1.807, 2.05) is 25.1 Å². The lowest BCUT2D eigenvalue weighted by Gasteiger charge is -2.13. The number of allylic oxidation sites excluding steroid dienone is 1. The first kappa shape index (κ1) is 10.5. The van der Waals surface area contributed by atoms with Crippen molar-refractivity contribution in [2.45, 2.75) is 19.8 Å². The van der Waals surface area contributed by atoms with E-state index in [4.69, 9.17) is 0 Å². The van der Waals surface area contributed by atoms with Crippen LogP contribution >= 0.6 is 0 Å². The van der Waals surface area contributed by atoms with Crippen molar-refractivity contribution in [3.8, 4) is 0 Å². The summed E-state index contributed by atoms with van der Waals surface area (Å²) < 4.78 is 0. The zero-order valence-corrected chi connectivity index (χ0v) is 9.16. The molecule has 0 fully saturated rings. The summed E-state index contributed by atoms with van der Waals surface area (Å²) in [5.74, 6) is -0.0475. The Morgan fingerprint density at radius 1 is 1.44 bits per heavy atom. The first-order valence-electron chi connectivity index (χ1n) is 5.15. The fourth-order valence-electron chi connectivity index (χ4n) is 1.55. The number of aryl methyl sites for hydroxylation is 1. The molecular formula is C12H13N3O. The number of rotatable bonds is 2. The van der Waals surface area contributed by atoms with Gasteiger partial charge in [0.2, 0.25) is 5.91 Å². The molecule has 1 aromatic rings. The first-order chi connectivity index (χ1) is 7.66. The molecule has 0 unspecified atom stereocenters. The summed E-state index contributed by atoms with van der Waals surface area (Å²) in [5, 5.41) is 3.99. The predicted octanol–water partition coefficient (Wildman–Crippen LogP) is 1.67. The Bertz CT molecular complexity index is 477. The molecule has 0 aliphatic carbocycles. The van der Waals surface area contributed by atoms with E-state index in [0.717, 1.165) is 22.7 Å². The Hall–Kier alpha value is -1.97. The van der Waals surface area contributed by atoms with E-state index >= 15 is 0 Å². The second kappa shape index (κ2) is 4.26. The maximum atomic E-state index is 11.0. The van der Waals surface area contributed by atoms with Gasteiger partial charge in [-0.2, -0.15) is 5.10 Å². The zero-order chi connectivity index (χ0) is 11.5. The lowest BCUT2D eigenvalue weighted by molar-refractivity contribution is -0.121. The number of carbonyl (C=O) groups is 1. The van der Waals surface area contributed by atoms with Gasteiger partial charge in [-0.15, -0.1) is 0 Å². The van der Waals surface area contributed by atoms with E-state index in [1.54, 1.807) is 0 Å². The van der Waals surface area contributed by atoms with Gasteiger partial charge in [-0.3, -0.25) is 9.78 Å². The van der Waals surface area contributed by atoms with Crippen LogP contribution in [0.4, 0.5) is 0 Å².